The first kappa shape index (κ1) is 16.9. The average Bonchev–Trinajstić information content (AvgIpc) is 3.07. The predicted molar refractivity (Wildman–Crippen MR) is 93.7 cm³/mol. The number of anilines is 1. The molecule has 9 heteroatoms. The minimum absolute atomic E-state index is 0.00228. The first-order valence-corrected chi connectivity index (χ1v) is 8.56. The number of benzene rings is 1. The molecule has 2 N–H and O–H groups in total. The summed E-state index contributed by atoms with van der Waals surface area (Å²) < 4.78 is 32.3. The standard InChI is InChI=1S/C17H20F2N6O/c1-26-12-6-2-5-11-14(12)21-17(20)25-16(11)22-15(23-25)10-4-3-7-24(8-10)9-13(18)19/h2,5-6,10,13H,3-4,7-9H2,1H3,(H2,20,21). The van der Waals surface area contributed by atoms with E-state index in [9.17, 15) is 8.78 Å². The van der Waals surface area contributed by atoms with E-state index in [0.29, 0.717) is 35.8 Å². The van der Waals surface area contributed by atoms with Crippen LogP contribution in [-0.2, 0) is 0 Å². The van der Waals surface area contributed by atoms with Crippen molar-refractivity contribution in [3.05, 3.63) is 24.0 Å². The number of likely N-dealkylation sites (tertiary alicyclic amines) is 1. The first-order valence-electron chi connectivity index (χ1n) is 8.56. The fourth-order valence-corrected chi connectivity index (χ4v) is 3.61. The number of hydrogen-bond acceptors (Lipinski definition) is 6. The number of ether oxygens (including phenoxy) is 1. The molecule has 3 heterocycles. The van der Waals surface area contributed by atoms with Gasteiger partial charge in [0, 0.05) is 17.8 Å². The Bertz CT molecular complexity index is 944. The molecule has 26 heavy (non-hydrogen) atoms. The first-order chi connectivity index (χ1) is 12.6. The van der Waals surface area contributed by atoms with E-state index in [1.54, 1.807) is 12.0 Å². The summed E-state index contributed by atoms with van der Waals surface area (Å²) in [5.41, 5.74) is 7.30. The van der Waals surface area contributed by atoms with Crippen LogP contribution < -0.4 is 10.5 Å². The lowest BCUT2D eigenvalue weighted by Gasteiger charge is -2.30. The van der Waals surface area contributed by atoms with Crippen molar-refractivity contribution in [2.45, 2.75) is 25.2 Å². The minimum Gasteiger partial charge on any atom is -0.494 e. The van der Waals surface area contributed by atoms with E-state index in [1.165, 1.54) is 4.52 Å². The van der Waals surface area contributed by atoms with Crippen LogP contribution in [0.15, 0.2) is 18.2 Å². The Balaban J connectivity index is 1.75. The van der Waals surface area contributed by atoms with Gasteiger partial charge in [0.2, 0.25) is 5.95 Å². The highest BCUT2D eigenvalue weighted by atomic mass is 19.3. The smallest absolute Gasteiger partial charge is 0.251 e. The molecule has 3 aromatic rings. The summed E-state index contributed by atoms with van der Waals surface area (Å²) in [5, 5.41) is 5.31. The molecule has 0 bridgehead atoms. The largest absolute Gasteiger partial charge is 0.494 e. The molecule has 4 rings (SSSR count). The molecule has 2 aromatic heterocycles. The molecular weight excluding hydrogens is 342 g/mol. The number of nitrogens with two attached hydrogens (primary N) is 1. The summed E-state index contributed by atoms with van der Waals surface area (Å²) >= 11 is 0. The highest BCUT2D eigenvalue weighted by Crippen LogP contribution is 2.30. The van der Waals surface area contributed by atoms with Crippen LogP contribution in [0.25, 0.3) is 16.6 Å². The number of fused-ring (bicyclic) bond motifs is 3. The molecule has 0 amide bonds. The molecule has 0 spiro atoms. The van der Waals surface area contributed by atoms with Crippen molar-refractivity contribution in [1.29, 1.82) is 0 Å². The average molecular weight is 362 g/mol. The van der Waals surface area contributed by atoms with E-state index < -0.39 is 6.43 Å². The lowest BCUT2D eigenvalue weighted by Crippen LogP contribution is -2.37. The van der Waals surface area contributed by atoms with E-state index in [0.717, 1.165) is 18.2 Å². The topological polar surface area (TPSA) is 81.6 Å². The minimum atomic E-state index is -2.33. The number of aromatic nitrogens is 4. The number of piperidine rings is 1. The number of hydrogen-bond donors (Lipinski definition) is 1. The van der Waals surface area contributed by atoms with E-state index >= 15 is 0 Å². The Morgan fingerprint density at radius 2 is 2.19 bits per heavy atom. The summed E-state index contributed by atoms with van der Waals surface area (Å²) in [4.78, 5) is 10.8. The van der Waals surface area contributed by atoms with Gasteiger partial charge in [-0.15, -0.1) is 5.10 Å². The van der Waals surface area contributed by atoms with Gasteiger partial charge in [-0.05, 0) is 31.5 Å². The Morgan fingerprint density at radius 1 is 1.35 bits per heavy atom. The third-order valence-electron chi connectivity index (χ3n) is 4.79. The molecule has 0 saturated carbocycles. The van der Waals surface area contributed by atoms with Crippen LogP contribution in [-0.4, -0.2) is 57.7 Å². The van der Waals surface area contributed by atoms with Crippen molar-refractivity contribution in [2.75, 3.05) is 32.5 Å². The number of nitrogen functional groups attached to an aromatic ring is 1. The van der Waals surface area contributed by atoms with Gasteiger partial charge in [0.25, 0.3) is 6.43 Å². The molecule has 1 unspecified atom stereocenters. The van der Waals surface area contributed by atoms with Crippen LogP contribution in [0.3, 0.4) is 0 Å². The summed E-state index contributed by atoms with van der Waals surface area (Å²) in [7, 11) is 1.58. The SMILES string of the molecule is COc1cccc2c1nc(N)n1nc(C3CCCN(CC(F)F)C3)nc21. The maximum absolute atomic E-state index is 12.7. The van der Waals surface area contributed by atoms with Gasteiger partial charge < -0.3 is 10.5 Å². The zero-order valence-electron chi connectivity index (χ0n) is 14.4. The van der Waals surface area contributed by atoms with Gasteiger partial charge in [0.1, 0.15) is 11.3 Å². The lowest BCUT2D eigenvalue weighted by atomic mass is 9.97. The summed E-state index contributed by atoms with van der Waals surface area (Å²) in [5.74, 6) is 1.45. The van der Waals surface area contributed by atoms with Gasteiger partial charge in [-0.2, -0.15) is 4.52 Å². The van der Waals surface area contributed by atoms with Gasteiger partial charge >= 0.3 is 0 Å². The van der Waals surface area contributed by atoms with Crippen LogP contribution in [0, 0.1) is 0 Å². The number of halogens is 2. The molecule has 7 nitrogen and oxygen atoms in total. The van der Waals surface area contributed by atoms with Crippen molar-refractivity contribution < 1.29 is 13.5 Å². The van der Waals surface area contributed by atoms with Crippen LogP contribution in [0.1, 0.15) is 24.6 Å². The number of rotatable bonds is 4. The molecule has 138 valence electrons. The fourth-order valence-electron chi connectivity index (χ4n) is 3.61. The van der Waals surface area contributed by atoms with Gasteiger partial charge in [-0.3, -0.25) is 4.90 Å². The number of methoxy groups -OCH3 is 1. The second kappa shape index (κ2) is 6.64. The highest BCUT2D eigenvalue weighted by molar-refractivity contribution is 5.95. The molecule has 0 radical (unpaired) electrons. The quantitative estimate of drug-likeness (QED) is 0.767. The van der Waals surface area contributed by atoms with Crippen LogP contribution in [0.2, 0.25) is 0 Å². The summed E-state index contributed by atoms with van der Waals surface area (Å²) in [6, 6.07) is 5.56. The van der Waals surface area contributed by atoms with Gasteiger partial charge in [0.05, 0.1) is 13.7 Å². The second-order valence-corrected chi connectivity index (χ2v) is 6.52. The van der Waals surface area contributed by atoms with Crippen molar-refractivity contribution in [2.24, 2.45) is 0 Å². The van der Waals surface area contributed by atoms with Crippen molar-refractivity contribution in [1.82, 2.24) is 24.5 Å². The summed E-state index contributed by atoms with van der Waals surface area (Å²) in [6.45, 7) is 0.988. The number of alkyl halides is 2. The molecule has 0 aliphatic carbocycles. The normalized spacial score (nSPS) is 18.8. The summed E-state index contributed by atoms with van der Waals surface area (Å²) in [6.07, 6.45) is -0.625. The molecule has 1 aliphatic heterocycles. The number of para-hydroxylation sites is 1. The zero-order chi connectivity index (χ0) is 18.3. The van der Waals surface area contributed by atoms with Gasteiger partial charge in [-0.1, -0.05) is 6.07 Å². The third kappa shape index (κ3) is 2.92. The lowest BCUT2D eigenvalue weighted by molar-refractivity contribution is 0.0731. The zero-order valence-corrected chi connectivity index (χ0v) is 14.4. The maximum atomic E-state index is 12.7. The van der Waals surface area contributed by atoms with Crippen molar-refractivity contribution >= 4 is 22.5 Å². The van der Waals surface area contributed by atoms with E-state index in [4.69, 9.17) is 10.5 Å². The Kier molecular flexibility index (Phi) is 4.31. The molecule has 1 aliphatic rings. The molecule has 1 fully saturated rings. The highest BCUT2D eigenvalue weighted by Gasteiger charge is 2.27. The molecule has 1 saturated heterocycles. The molecular formula is C17H20F2N6O. The van der Waals surface area contributed by atoms with Crippen molar-refractivity contribution in [3.63, 3.8) is 0 Å². The Labute approximate surface area is 148 Å². The van der Waals surface area contributed by atoms with E-state index in [-0.39, 0.29) is 18.4 Å². The molecule has 1 atom stereocenters. The second-order valence-electron chi connectivity index (χ2n) is 6.52. The molecule has 1 aromatic carbocycles. The monoisotopic (exact) mass is 362 g/mol. The van der Waals surface area contributed by atoms with Crippen LogP contribution in [0.4, 0.5) is 14.7 Å². The van der Waals surface area contributed by atoms with Gasteiger partial charge in [0.15, 0.2) is 11.5 Å². The Morgan fingerprint density at radius 3 is 2.96 bits per heavy atom. The van der Waals surface area contributed by atoms with Crippen molar-refractivity contribution in [3.8, 4) is 5.75 Å². The number of nitrogens with zero attached hydrogens (tertiary/aromatic N) is 5. The third-order valence-corrected chi connectivity index (χ3v) is 4.79. The predicted octanol–water partition coefficient (Wildman–Crippen LogP) is 2.31. The maximum Gasteiger partial charge on any atom is 0.251 e. The fraction of sp³-hybridized carbons (Fsp3) is 0.471. The van der Waals surface area contributed by atoms with Gasteiger partial charge in [-0.25, -0.2) is 18.7 Å². The van der Waals surface area contributed by atoms with E-state index in [1.807, 2.05) is 18.2 Å². The van der Waals surface area contributed by atoms with E-state index in [2.05, 4.69) is 15.1 Å². The van der Waals surface area contributed by atoms with Crippen LogP contribution >= 0.6 is 0 Å². The van der Waals surface area contributed by atoms with Crippen LogP contribution in [0.5, 0.6) is 5.75 Å². The Hall–Kier alpha value is -2.55.